The lowest BCUT2D eigenvalue weighted by Crippen LogP contribution is -2.21. The normalized spacial score (nSPS) is 17.8. The minimum absolute atomic E-state index is 0.266. The summed E-state index contributed by atoms with van der Waals surface area (Å²) in [7, 11) is 0. The number of carbonyl (C=O) groups excluding carboxylic acids is 1. The van der Waals surface area contributed by atoms with Crippen LogP contribution < -0.4 is 10.6 Å². The fraction of sp³-hybridized carbons (Fsp3) is 0. The van der Waals surface area contributed by atoms with Crippen molar-refractivity contribution >= 4 is 29.3 Å². The molecule has 76 valence electrons. The smallest absolute Gasteiger partial charge is 0.273 e. The van der Waals surface area contributed by atoms with E-state index in [2.05, 4.69) is 10.6 Å². The molecule has 2 rings (SSSR count). The Kier molecular flexibility index (Phi) is 2.47. The minimum Gasteiger partial charge on any atom is -0.328 e. The molecular weight excluding hydrogens is 215 g/mol. The van der Waals surface area contributed by atoms with Gasteiger partial charge in [-0.2, -0.15) is 0 Å². The Morgan fingerprint density at radius 1 is 1.33 bits per heavy atom. The maximum absolute atomic E-state index is 12.8. The molecule has 0 aliphatic carbocycles. The highest BCUT2D eigenvalue weighted by Gasteiger charge is 2.19. The second-order valence-corrected chi connectivity index (χ2v) is 3.43. The molecule has 0 unspecified atom stereocenters. The van der Waals surface area contributed by atoms with Gasteiger partial charge < -0.3 is 5.32 Å². The lowest BCUT2D eigenvalue weighted by Gasteiger charge is -1.96. The molecular formula is C10H7FN2OS. The molecule has 0 bridgehead atoms. The van der Waals surface area contributed by atoms with E-state index in [1.807, 2.05) is 0 Å². The van der Waals surface area contributed by atoms with Gasteiger partial charge in [0.1, 0.15) is 11.5 Å². The van der Waals surface area contributed by atoms with Gasteiger partial charge in [0.25, 0.3) is 5.91 Å². The average Bonchev–Trinajstić information content (AvgIpc) is 2.45. The lowest BCUT2D eigenvalue weighted by molar-refractivity contribution is -0.115. The van der Waals surface area contributed by atoms with Crippen molar-refractivity contribution in [1.82, 2.24) is 10.6 Å². The first kappa shape index (κ1) is 9.79. The number of carbonyl (C=O) groups is 1. The summed E-state index contributed by atoms with van der Waals surface area (Å²) in [6.45, 7) is 0. The second kappa shape index (κ2) is 3.78. The van der Waals surface area contributed by atoms with Crippen LogP contribution >= 0.6 is 12.2 Å². The number of hydrogen-bond acceptors (Lipinski definition) is 2. The molecule has 2 N–H and O–H groups in total. The van der Waals surface area contributed by atoms with E-state index in [1.54, 1.807) is 12.1 Å². The van der Waals surface area contributed by atoms with Crippen LogP contribution in [0.2, 0.25) is 0 Å². The number of nitrogens with one attached hydrogen (secondary N) is 2. The van der Waals surface area contributed by atoms with E-state index in [1.165, 1.54) is 18.2 Å². The van der Waals surface area contributed by atoms with Crippen LogP contribution in [0.15, 0.2) is 30.0 Å². The molecule has 0 saturated carbocycles. The molecule has 15 heavy (non-hydrogen) atoms. The molecule has 1 aromatic rings. The highest BCUT2D eigenvalue weighted by molar-refractivity contribution is 7.80. The molecule has 1 aliphatic rings. The van der Waals surface area contributed by atoms with Gasteiger partial charge in [0.05, 0.1) is 0 Å². The number of thiocarbonyl (C=S) groups is 1. The van der Waals surface area contributed by atoms with E-state index in [0.29, 0.717) is 11.3 Å². The monoisotopic (exact) mass is 222 g/mol. The van der Waals surface area contributed by atoms with Crippen LogP contribution in [0.25, 0.3) is 6.08 Å². The molecule has 3 nitrogen and oxygen atoms in total. The third kappa shape index (κ3) is 2.19. The van der Waals surface area contributed by atoms with E-state index in [9.17, 15) is 9.18 Å². The van der Waals surface area contributed by atoms with Gasteiger partial charge in [-0.15, -0.1) is 0 Å². The van der Waals surface area contributed by atoms with Gasteiger partial charge in [-0.25, -0.2) is 4.39 Å². The quantitative estimate of drug-likeness (QED) is 0.553. The van der Waals surface area contributed by atoms with Gasteiger partial charge in [0.15, 0.2) is 5.11 Å². The van der Waals surface area contributed by atoms with Gasteiger partial charge in [-0.1, -0.05) is 12.1 Å². The van der Waals surface area contributed by atoms with Crippen LogP contribution in [0.1, 0.15) is 5.56 Å². The van der Waals surface area contributed by atoms with Gasteiger partial charge in [-0.05, 0) is 36.0 Å². The standard InChI is InChI=1S/C10H7FN2OS/c11-7-3-1-2-6(4-7)5-8-9(14)13-10(15)12-8/h1-5H,(H2,12,13,14,15)/b8-5+. The van der Waals surface area contributed by atoms with Gasteiger partial charge >= 0.3 is 0 Å². The summed E-state index contributed by atoms with van der Waals surface area (Å²) >= 11 is 4.76. The maximum atomic E-state index is 12.8. The predicted molar refractivity (Wildman–Crippen MR) is 58.3 cm³/mol. The van der Waals surface area contributed by atoms with Crippen LogP contribution in [0.4, 0.5) is 4.39 Å². The van der Waals surface area contributed by atoms with Crippen molar-refractivity contribution in [3.05, 3.63) is 41.3 Å². The molecule has 0 atom stereocenters. The molecule has 5 heteroatoms. The second-order valence-electron chi connectivity index (χ2n) is 3.02. The Bertz CT molecular complexity index is 470. The molecule has 0 radical (unpaired) electrons. The Hall–Kier alpha value is -1.75. The fourth-order valence-corrected chi connectivity index (χ4v) is 1.45. The zero-order valence-electron chi connectivity index (χ0n) is 7.58. The largest absolute Gasteiger partial charge is 0.328 e. The Morgan fingerprint density at radius 3 is 2.73 bits per heavy atom. The van der Waals surface area contributed by atoms with E-state index in [4.69, 9.17) is 12.2 Å². The topological polar surface area (TPSA) is 41.1 Å². The van der Waals surface area contributed by atoms with Gasteiger partial charge in [-0.3, -0.25) is 10.1 Å². The summed E-state index contributed by atoms with van der Waals surface area (Å²) in [6.07, 6.45) is 1.54. The molecule has 1 amide bonds. The summed E-state index contributed by atoms with van der Waals surface area (Å²) in [4.78, 5) is 11.3. The van der Waals surface area contributed by atoms with E-state index >= 15 is 0 Å². The van der Waals surface area contributed by atoms with Crippen molar-refractivity contribution < 1.29 is 9.18 Å². The van der Waals surface area contributed by atoms with Gasteiger partial charge in [0.2, 0.25) is 0 Å². The molecule has 1 aromatic carbocycles. The van der Waals surface area contributed by atoms with Gasteiger partial charge in [0, 0.05) is 0 Å². The van der Waals surface area contributed by atoms with E-state index in [-0.39, 0.29) is 16.8 Å². The van der Waals surface area contributed by atoms with Crippen molar-refractivity contribution in [3.63, 3.8) is 0 Å². The molecule has 1 heterocycles. The third-order valence-corrected chi connectivity index (χ3v) is 2.08. The first-order valence-corrected chi connectivity index (χ1v) is 4.65. The first-order chi connectivity index (χ1) is 7.15. The van der Waals surface area contributed by atoms with Crippen LogP contribution in [-0.2, 0) is 4.79 Å². The number of halogens is 1. The number of hydrogen-bond donors (Lipinski definition) is 2. The molecule has 1 fully saturated rings. The van der Waals surface area contributed by atoms with Crippen LogP contribution in [0, 0.1) is 5.82 Å². The Morgan fingerprint density at radius 2 is 2.13 bits per heavy atom. The lowest BCUT2D eigenvalue weighted by atomic mass is 10.2. The van der Waals surface area contributed by atoms with E-state index < -0.39 is 0 Å². The molecule has 0 spiro atoms. The van der Waals surface area contributed by atoms with Crippen molar-refractivity contribution in [3.8, 4) is 0 Å². The molecule has 1 aliphatic heterocycles. The number of amides is 1. The fourth-order valence-electron chi connectivity index (χ4n) is 1.25. The summed E-state index contributed by atoms with van der Waals surface area (Å²) < 4.78 is 12.8. The van der Waals surface area contributed by atoms with Crippen molar-refractivity contribution in [2.75, 3.05) is 0 Å². The van der Waals surface area contributed by atoms with Crippen LogP contribution in [0.5, 0.6) is 0 Å². The summed E-state index contributed by atoms with van der Waals surface area (Å²) in [6, 6.07) is 5.96. The number of rotatable bonds is 1. The zero-order chi connectivity index (χ0) is 10.8. The summed E-state index contributed by atoms with van der Waals surface area (Å²) in [5, 5.41) is 5.37. The third-order valence-electron chi connectivity index (χ3n) is 1.88. The predicted octanol–water partition coefficient (Wildman–Crippen LogP) is 1.17. The van der Waals surface area contributed by atoms with Crippen molar-refractivity contribution in [2.45, 2.75) is 0 Å². The Balaban J connectivity index is 2.31. The van der Waals surface area contributed by atoms with E-state index in [0.717, 1.165) is 0 Å². The Labute approximate surface area is 91.0 Å². The SMILES string of the molecule is O=C1NC(=S)N/C1=C/c1cccc(F)c1. The van der Waals surface area contributed by atoms with Crippen molar-refractivity contribution in [1.29, 1.82) is 0 Å². The zero-order valence-corrected chi connectivity index (χ0v) is 8.40. The molecule has 1 saturated heterocycles. The van der Waals surface area contributed by atoms with Crippen LogP contribution in [0.3, 0.4) is 0 Å². The highest BCUT2D eigenvalue weighted by Crippen LogP contribution is 2.09. The molecule has 0 aromatic heterocycles. The first-order valence-electron chi connectivity index (χ1n) is 4.25. The van der Waals surface area contributed by atoms with Crippen LogP contribution in [-0.4, -0.2) is 11.0 Å². The maximum Gasteiger partial charge on any atom is 0.273 e. The summed E-state index contributed by atoms with van der Waals surface area (Å²) in [5.74, 6) is -0.644. The average molecular weight is 222 g/mol. The highest BCUT2D eigenvalue weighted by atomic mass is 32.1. The minimum atomic E-state index is -0.342. The number of benzene rings is 1. The van der Waals surface area contributed by atoms with Crippen molar-refractivity contribution in [2.24, 2.45) is 0 Å². The summed E-state index contributed by atoms with van der Waals surface area (Å²) in [5.41, 5.74) is 0.933.